The van der Waals surface area contributed by atoms with E-state index >= 15 is 0 Å². The van der Waals surface area contributed by atoms with Crippen molar-refractivity contribution in [3.8, 4) is 0 Å². The Bertz CT molecular complexity index is 1280. The monoisotopic (exact) mass is 585 g/mol. The molecule has 0 atom stereocenters. The third-order valence-electron chi connectivity index (χ3n) is 8.92. The van der Waals surface area contributed by atoms with Crippen molar-refractivity contribution >= 4 is 23.8 Å². The van der Waals surface area contributed by atoms with Gasteiger partial charge < -0.3 is 30.7 Å². The van der Waals surface area contributed by atoms with Gasteiger partial charge in [-0.1, -0.05) is 48.5 Å². The minimum atomic E-state index is -0.0975. The maximum atomic E-state index is 12.1. The molecule has 4 bridgehead atoms. The summed E-state index contributed by atoms with van der Waals surface area (Å²) in [6.07, 6.45) is 6.79. The maximum absolute atomic E-state index is 12.1. The minimum Gasteiger partial charge on any atom is -0.377 e. The fraction of sp³-hybridized carbons (Fsp3) is 0.515. The van der Waals surface area contributed by atoms with Gasteiger partial charge in [0.15, 0.2) is 0 Å². The number of ether oxygens (including phenoxy) is 2. The fourth-order valence-corrected chi connectivity index (χ4v) is 7.17. The lowest BCUT2D eigenvalue weighted by Crippen LogP contribution is -2.51. The lowest BCUT2D eigenvalue weighted by Gasteiger charge is -2.54. The molecule has 4 aliphatic carbocycles. The van der Waals surface area contributed by atoms with E-state index in [1.165, 1.54) is 37.7 Å². The van der Waals surface area contributed by atoms with Crippen molar-refractivity contribution in [3.05, 3.63) is 71.8 Å². The van der Waals surface area contributed by atoms with E-state index in [2.05, 4.69) is 38.4 Å². The Labute approximate surface area is 253 Å². The largest absolute Gasteiger partial charge is 0.377 e. The molecular formula is C33H43N7O3. The Kier molecular flexibility index (Phi) is 9.96. The van der Waals surface area contributed by atoms with Gasteiger partial charge in [0.2, 0.25) is 17.8 Å². The Balaban J connectivity index is 0.944. The molecule has 0 radical (unpaired) electrons. The van der Waals surface area contributed by atoms with Crippen LogP contribution < -0.4 is 21.3 Å². The number of benzene rings is 2. The molecular weight excluding hydrogens is 542 g/mol. The highest BCUT2D eigenvalue weighted by Crippen LogP contribution is 2.54. The molecule has 4 aliphatic rings. The molecule has 228 valence electrons. The van der Waals surface area contributed by atoms with Gasteiger partial charge in [-0.3, -0.25) is 4.79 Å². The van der Waals surface area contributed by atoms with Crippen LogP contribution in [0.15, 0.2) is 60.7 Å². The van der Waals surface area contributed by atoms with Crippen LogP contribution in [-0.4, -0.2) is 66.4 Å². The van der Waals surface area contributed by atoms with Crippen LogP contribution in [0.25, 0.3) is 0 Å². The molecule has 0 unspecified atom stereocenters. The van der Waals surface area contributed by atoms with E-state index in [9.17, 15) is 4.79 Å². The second-order valence-corrected chi connectivity index (χ2v) is 12.0. The van der Waals surface area contributed by atoms with Crippen molar-refractivity contribution in [2.24, 2.45) is 23.7 Å². The topological polar surface area (TPSA) is 122 Å². The number of anilines is 3. The number of rotatable bonds is 16. The van der Waals surface area contributed by atoms with E-state index in [0.717, 1.165) is 23.7 Å². The molecule has 4 N–H and O–H groups in total. The van der Waals surface area contributed by atoms with Crippen molar-refractivity contribution in [2.45, 2.75) is 44.7 Å². The van der Waals surface area contributed by atoms with Crippen molar-refractivity contribution in [2.75, 3.05) is 55.5 Å². The molecule has 3 aromatic rings. The average Bonchev–Trinajstić information content (AvgIpc) is 3.03. The van der Waals surface area contributed by atoms with E-state index in [1.54, 1.807) is 12.1 Å². The highest BCUT2D eigenvalue weighted by atomic mass is 16.5. The number of carbonyl (C=O) groups excluding carboxylic acids is 1. The lowest BCUT2D eigenvalue weighted by molar-refractivity contribution is 0.00728. The molecule has 0 saturated heterocycles. The Morgan fingerprint density at radius 1 is 0.674 bits per heavy atom. The van der Waals surface area contributed by atoms with Crippen LogP contribution in [0.1, 0.15) is 48.0 Å². The SMILES string of the molecule is O=C(NCCOCCOCCNc1nc(NCc2ccccc2)nc(NC2C3CC4CC(C3)CC2C4)n1)c1ccccc1. The number of hydrogen-bond acceptors (Lipinski definition) is 9. The summed E-state index contributed by atoms with van der Waals surface area (Å²) >= 11 is 0. The van der Waals surface area contributed by atoms with E-state index < -0.39 is 0 Å². The molecule has 1 aromatic heterocycles. The quantitative estimate of drug-likeness (QED) is 0.179. The van der Waals surface area contributed by atoms with Crippen LogP contribution in [0, 0.1) is 23.7 Å². The van der Waals surface area contributed by atoms with Gasteiger partial charge in [-0.05, 0) is 73.5 Å². The van der Waals surface area contributed by atoms with Gasteiger partial charge in [-0.25, -0.2) is 0 Å². The van der Waals surface area contributed by atoms with Gasteiger partial charge in [-0.2, -0.15) is 15.0 Å². The number of amides is 1. The van der Waals surface area contributed by atoms with Gasteiger partial charge in [0.25, 0.3) is 5.91 Å². The number of hydrogen-bond donors (Lipinski definition) is 4. The van der Waals surface area contributed by atoms with Crippen molar-refractivity contribution in [1.82, 2.24) is 20.3 Å². The molecule has 0 spiro atoms. The predicted molar refractivity (Wildman–Crippen MR) is 167 cm³/mol. The maximum Gasteiger partial charge on any atom is 0.251 e. The van der Waals surface area contributed by atoms with Crippen LogP contribution in [-0.2, 0) is 16.0 Å². The van der Waals surface area contributed by atoms with Crippen LogP contribution in [0.3, 0.4) is 0 Å². The molecule has 1 amide bonds. The zero-order valence-corrected chi connectivity index (χ0v) is 24.7. The van der Waals surface area contributed by atoms with E-state index in [0.29, 0.717) is 75.5 Å². The molecule has 7 rings (SSSR count). The van der Waals surface area contributed by atoms with Gasteiger partial charge in [0.1, 0.15) is 0 Å². The van der Waals surface area contributed by atoms with Crippen LogP contribution in [0.2, 0.25) is 0 Å². The molecule has 4 saturated carbocycles. The van der Waals surface area contributed by atoms with Crippen molar-refractivity contribution < 1.29 is 14.3 Å². The Hall–Kier alpha value is -3.76. The summed E-state index contributed by atoms with van der Waals surface area (Å²) in [5.41, 5.74) is 1.81. The number of nitrogens with one attached hydrogen (secondary N) is 4. The smallest absolute Gasteiger partial charge is 0.251 e. The highest BCUT2D eigenvalue weighted by Gasteiger charge is 2.48. The molecule has 0 aliphatic heterocycles. The summed E-state index contributed by atoms with van der Waals surface area (Å²) in [5.74, 6) is 4.92. The first-order valence-corrected chi connectivity index (χ1v) is 15.7. The summed E-state index contributed by atoms with van der Waals surface area (Å²) < 4.78 is 11.3. The Morgan fingerprint density at radius 3 is 1.93 bits per heavy atom. The summed E-state index contributed by atoms with van der Waals surface area (Å²) in [6.45, 7) is 3.51. The van der Waals surface area contributed by atoms with Crippen LogP contribution in [0.4, 0.5) is 17.8 Å². The predicted octanol–water partition coefficient (Wildman–Crippen LogP) is 4.60. The van der Waals surface area contributed by atoms with Crippen LogP contribution >= 0.6 is 0 Å². The highest BCUT2D eigenvalue weighted by molar-refractivity contribution is 5.94. The zero-order chi connectivity index (χ0) is 29.3. The summed E-state index contributed by atoms with van der Waals surface area (Å²) in [4.78, 5) is 26.2. The van der Waals surface area contributed by atoms with E-state index in [-0.39, 0.29) is 5.91 Å². The summed E-state index contributed by atoms with van der Waals surface area (Å²) in [5, 5.41) is 13.3. The second-order valence-electron chi connectivity index (χ2n) is 12.0. The van der Waals surface area contributed by atoms with E-state index in [4.69, 9.17) is 19.4 Å². The number of nitrogens with zero attached hydrogens (tertiary/aromatic N) is 3. The van der Waals surface area contributed by atoms with Gasteiger partial charge in [0, 0.05) is 31.2 Å². The molecule has 10 nitrogen and oxygen atoms in total. The second kappa shape index (κ2) is 14.6. The van der Waals surface area contributed by atoms with Gasteiger partial charge >= 0.3 is 0 Å². The molecule has 1 heterocycles. The molecule has 4 fully saturated rings. The first-order chi connectivity index (χ1) is 21.2. The third kappa shape index (κ3) is 8.20. The number of carbonyl (C=O) groups is 1. The van der Waals surface area contributed by atoms with Crippen molar-refractivity contribution in [1.29, 1.82) is 0 Å². The molecule has 10 heteroatoms. The van der Waals surface area contributed by atoms with Gasteiger partial charge in [0.05, 0.1) is 26.4 Å². The fourth-order valence-electron chi connectivity index (χ4n) is 7.17. The first-order valence-electron chi connectivity index (χ1n) is 15.7. The van der Waals surface area contributed by atoms with Crippen LogP contribution in [0.5, 0.6) is 0 Å². The standard InChI is InChI=1S/C33H43N7O3/c41-30(26-9-5-2-6-10-26)34-11-13-42-15-16-43-14-12-35-31-38-32(36-22-23-7-3-1-4-8-23)40-33(39-31)37-29-27-18-24-17-25(20-27)21-28(29)19-24/h1-10,24-25,27-29H,11-22H2,(H,34,41)(H3,35,36,37,38,39,40). The van der Waals surface area contributed by atoms with Crippen molar-refractivity contribution in [3.63, 3.8) is 0 Å². The normalized spacial score (nSPS) is 23.6. The lowest BCUT2D eigenvalue weighted by atomic mass is 9.54. The average molecular weight is 586 g/mol. The zero-order valence-electron chi connectivity index (χ0n) is 24.7. The number of aromatic nitrogens is 3. The summed E-state index contributed by atoms with van der Waals surface area (Å²) in [7, 11) is 0. The van der Waals surface area contributed by atoms with Gasteiger partial charge in [-0.15, -0.1) is 0 Å². The first kappa shape index (κ1) is 29.3. The van der Waals surface area contributed by atoms with E-state index in [1.807, 2.05) is 36.4 Å². The minimum absolute atomic E-state index is 0.0975. The Morgan fingerprint density at radius 2 is 1.26 bits per heavy atom. The molecule has 2 aromatic carbocycles. The molecule has 43 heavy (non-hydrogen) atoms. The summed E-state index contributed by atoms with van der Waals surface area (Å²) in [6, 6.07) is 19.9. The third-order valence-corrected chi connectivity index (χ3v) is 8.92.